The quantitative estimate of drug-likeness (QED) is 0.474. The van der Waals surface area contributed by atoms with Crippen LogP contribution >= 0.6 is 0 Å². The van der Waals surface area contributed by atoms with E-state index in [1.807, 2.05) is 20.8 Å². The number of esters is 1. The Morgan fingerprint density at radius 1 is 0.944 bits per heavy atom. The van der Waals surface area contributed by atoms with Gasteiger partial charge < -0.3 is 4.74 Å². The van der Waals surface area contributed by atoms with Gasteiger partial charge in [-0.05, 0) is 40.5 Å². The Morgan fingerprint density at radius 2 is 1.44 bits per heavy atom. The van der Waals surface area contributed by atoms with Gasteiger partial charge in [0.1, 0.15) is 0 Å². The second-order valence-corrected chi connectivity index (χ2v) is 5.97. The maximum atomic E-state index is 12.5. The molecule has 0 fully saturated rings. The Bertz CT molecular complexity index is 239. The van der Waals surface area contributed by atoms with Crippen molar-refractivity contribution >= 4 is 5.97 Å². The van der Waals surface area contributed by atoms with Crippen molar-refractivity contribution in [3.8, 4) is 0 Å². The minimum Gasteiger partial charge on any atom is -0.465 e. The summed E-state index contributed by atoms with van der Waals surface area (Å²) >= 11 is 0. The zero-order valence-corrected chi connectivity index (χ0v) is 12.0. The third kappa shape index (κ3) is 10.5. The maximum absolute atomic E-state index is 12.5. The van der Waals surface area contributed by atoms with Crippen molar-refractivity contribution in [1.29, 1.82) is 0 Å². The standard InChI is InChI=1S/C14H26F2O2/c1-13(2,3)12(17)18-11-9-7-5-6-8-10-14(4,15)16/h5-11H2,1-4H3. The third-order valence-electron chi connectivity index (χ3n) is 2.61. The number of unbranched alkanes of at least 4 members (excludes halogenated alkanes) is 4. The Labute approximate surface area is 109 Å². The minimum absolute atomic E-state index is 0.0357. The van der Waals surface area contributed by atoms with Crippen LogP contribution in [0.1, 0.15) is 66.2 Å². The van der Waals surface area contributed by atoms with Gasteiger partial charge in [-0.1, -0.05) is 19.3 Å². The Morgan fingerprint density at radius 3 is 1.94 bits per heavy atom. The highest BCUT2D eigenvalue weighted by atomic mass is 19.3. The molecule has 0 saturated heterocycles. The molecule has 2 nitrogen and oxygen atoms in total. The molecule has 0 spiro atoms. The molecule has 0 bridgehead atoms. The summed E-state index contributed by atoms with van der Waals surface area (Å²) in [6, 6.07) is 0. The van der Waals surface area contributed by atoms with Gasteiger partial charge in [0, 0.05) is 6.42 Å². The third-order valence-corrected chi connectivity index (χ3v) is 2.61. The molecule has 0 saturated carbocycles. The van der Waals surface area contributed by atoms with Gasteiger partial charge in [-0.2, -0.15) is 0 Å². The van der Waals surface area contributed by atoms with Crippen LogP contribution in [0.15, 0.2) is 0 Å². The lowest BCUT2D eigenvalue weighted by Gasteiger charge is -2.16. The van der Waals surface area contributed by atoms with Crippen LogP contribution in [0.4, 0.5) is 8.78 Å². The molecule has 108 valence electrons. The molecule has 0 aromatic carbocycles. The average molecular weight is 264 g/mol. The van der Waals surface area contributed by atoms with Crippen molar-refractivity contribution in [2.24, 2.45) is 5.41 Å². The van der Waals surface area contributed by atoms with Crippen molar-refractivity contribution in [1.82, 2.24) is 0 Å². The lowest BCUT2D eigenvalue weighted by atomic mass is 9.97. The van der Waals surface area contributed by atoms with E-state index in [0.29, 0.717) is 13.0 Å². The number of hydrogen-bond donors (Lipinski definition) is 0. The number of ether oxygens (including phenoxy) is 1. The molecule has 4 heteroatoms. The predicted molar refractivity (Wildman–Crippen MR) is 68.7 cm³/mol. The molecule has 0 radical (unpaired) electrons. The zero-order valence-electron chi connectivity index (χ0n) is 12.0. The smallest absolute Gasteiger partial charge is 0.311 e. The molecule has 0 N–H and O–H groups in total. The molecular formula is C14H26F2O2. The second-order valence-electron chi connectivity index (χ2n) is 5.97. The first kappa shape index (κ1) is 17.3. The molecule has 18 heavy (non-hydrogen) atoms. The number of hydrogen-bond acceptors (Lipinski definition) is 2. The molecule has 0 rings (SSSR count). The Hall–Kier alpha value is -0.670. The molecule has 0 heterocycles. The number of carbonyl (C=O) groups excluding carboxylic acids is 1. The first-order valence-electron chi connectivity index (χ1n) is 6.68. The molecule has 0 aliphatic carbocycles. The number of alkyl halides is 2. The van der Waals surface area contributed by atoms with E-state index in [1.54, 1.807) is 0 Å². The van der Waals surface area contributed by atoms with Gasteiger partial charge >= 0.3 is 5.97 Å². The maximum Gasteiger partial charge on any atom is 0.311 e. The van der Waals surface area contributed by atoms with Crippen LogP contribution in [-0.4, -0.2) is 18.5 Å². The molecule has 0 aromatic heterocycles. The van der Waals surface area contributed by atoms with Crippen LogP contribution in [-0.2, 0) is 9.53 Å². The molecule has 0 amide bonds. The second kappa shape index (κ2) is 7.70. The normalized spacial score (nSPS) is 12.6. The lowest BCUT2D eigenvalue weighted by Crippen LogP contribution is -2.23. The highest BCUT2D eigenvalue weighted by Gasteiger charge is 2.22. The summed E-state index contributed by atoms with van der Waals surface area (Å²) in [5, 5.41) is 0. The SMILES string of the molecule is CC(F)(F)CCCCCCCOC(=O)C(C)(C)C. The van der Waals surface area contributed by atoms with E-state index in [-0.39, 0.29) is 12.4 Å². The van der Waals surface area contributed by atoms with Gasteiger partial charge in [0.25, 0.3) is 0 Å². The molecule has 0 aliphatic rings. The molecular weight excluding hydrogens is 238 g/mol. The van der Waals surface area contributed by atoms with Crippen LogP contribution < -0.4 is 0 Å². The van der Waals surface area contributed by atoms with Gasteiger partial charge in [-0.3, -0.25) is 4.79 Å². The van der Waals surface area contributed by atoms with Gasteiger partial charge in [0.2, 0.25) is 5.92 Å². The van der Waals surface area contributed by atoms with Crippen LogP contribution in [0.25, 0.3) is 0 Å². The zero-order chi connectivity index (χ0) is 14.2. The van der Waals surface area contributed by atoms with Gasteiger partial charge in [0.15, 0.2) is 0 Å². The first-order chi connectivity index (χ1) is 8.13. The minimum atomic E-state index is -2.54. The van der Waals surface area contributed by atoms with Gasteiger partial charge in [-0.15, -0.1) is 0 Å². The Balaban J connectivity index is 3.35. The van der Waals surface area contributed by atoms with Crippen LogP contribution in [0, 0.1) is 5.41 Å². The first-order valence-corrected chi connectivity index (χ1v) is 6.68. The van der Waals surface area contributed by atoms with Crippen molar-refractivity contribution in [3.05, 3.63) is 0 Å². The fourth-order valence-corrected chi connectivity index (χ4v) is 1.45. The summed E-state index contributed by atoms with van der Waals surface area (Å²) in [5.74, 6) is -2.73. The molecule has 0 unspecified atom stereocenters. The topological polar surface area (TPSA) is 26.3 Å². The molecule has 0 atom stereocenters. The Kier molecular flexibility index (Phi) is 7.41. The van der Waals surface area contributed by atoms with Crippen molar-refractivity contribution < 1.29 is 18.3 Å². The highest BCUT2D eigenvalue weighted by molar-refractivity contribution is 5.75. The molecule has 0 aliphatic heterocycles. The van der Waals surface area contributed by atoms with Crippen molar-refractivity contribution in [2.45, 2.75) is 72.1 Å². The summed E-state index contributed by atoms with van der Waals surface area (Å²) in [5.41, 5.74) is -0.452. The summed E-state index contributed by atoms with van der Waals surface area (Å²) in [7, 11) is 0. The average Bonchev–Trinajstić information content (AvgIpc) is 2.18. The van der Waals surface area contributed by atoms with E-state index < -0.39 is 11.3 Å². The summed E-state index contributed by atoms with van der Waals surface area (Å²) < 4.78 is 30.1. The highest BCUT2D eigenvalue weighted by Crippen LogP contribution is 2.21. The number of carbonyl (C=O) groups is 1. The largest absolute Gasteiger partial charge is 0.465 e. The van der Waals surface area contributed by atoms with Gasteiger partial charge in [-0.25, -0.2) is 8.78 Å². The molecule has 0 aromatic rings. The van der Waals surface area contributed by atoms with E-state index >= 15 is 0 Å². The van der Waals surface area contributed by atoms with Crippen LogP contribution in [0.5, 0.6) is 0 Å². The number of halogens is 2. The van der Waals surface area contributed by atoms with E-state index in [0.717, 1.165) is 32.6 Å². The summed E-state index contributed by atoms with van der Waals surface area (Å²) in [4.78, 5) is 11.4. The summed E-state index contributed by atoms with van der Waals surface area (Å²) in [6.45, 7) is 6.85. The lowest BCUT2D eigenvalue weighted by molar-refractivity contribution is -0.153. The van der Waals surface area contributed by atoms with Crippen molar-refractivity contribution in [3.63, 3.8) is 0 Å². The summed E-state index contributed by atoms with van der Waals surface area (Å²) in [6.07, 6.45) is 3.99. The van der Waals surface area contributed by atoms with Gasteiger partial charge in [0.05, 0.1) is 12.0 Å². The monoisotopic (exact) mass is 264 g/mol. The van der Waals surface area contributed by atoms with E-state index in [4.69, 9.17) is 4.74 Å². The van der Waals surface area contributed by atoms with E-state index in [2.05, 4.69) is 0 Å². The fourth-order valence-electron chi connectivity index (χ4n) is 1.45. The van der Waals surface area contributed by atoms with E-state index in [9.17, 15) is 13.6 Å². The van der Waals surface area contributed by atoms with Crippen molar-refractivity contribution in [2.75, 3.05) is 6.61 Å². The predicted octanol–water partition coefficient (Wildman–Crippen LogP) is 4.57. The van der Waals surface area contributed by atoms with Crippen LogP contribution in [0.3, 0.4) is 0 Å². The van der Waals surface area contributed by atoms with Crippen LogP contribution in [0.2, 0.25) is 0 Å². The number of rotatable bonds is 8. The fraction of sp³-hybridized carbons (Fsp3) is 0.929. The van der Waals surface area contributed by atoms with E-state index in [1.165, 1.54) is 0 Å².